The molecule has 1 amide bonds. The van der Waals surface area contributed by atoms with Crippen molar-refractivity contribution < 1.29 is 9.21 Å². The van der Waals surface area contributed by atoms with Crippen molar-refractivity contribution in [3.05, 3.63) is 46.5 Å². The number of amides is 1. The third-order valence-electron chi connectivity index (χ3n) is 4.42. The molecular weight excluding hydrogens is 292 g/mol. The molecule has 1 aromatic heterocycles. The first-order valence-corrected chi connectivity index (χ1v) is 8.22. The molecule has 1 aromatic carbocycles. The predicted molar refractivity (Wildman–Crippen MR) is 89.4 cm³/mol. The highest BCUT2D eigenvalue weighted by molar-refractivity contribution is 5.82. The Balaban J connectivity index is 1.65. The lowest BCUT2D eigenvalue weighted by Crippen LogP contribution is -2.35. The van der Waals surface area contributed by atoms with Crippen molar-refractivity contribution in [2.75, 3.05) is 6.54 Å². The van der Waals surface area contributed by atoms with Crippen LogP contribution in [0.5, 0.6) is 0 Å². The minimum atomic E-state index is -0.591. The van der Waals surface area contributed by atoms with Crippen LogP contribution in [0.3, 0.4) is 0 Å². The first kappa shape index (κ1) is 15.6. The number of nitrogens with zero attached hydrogens (tertiary/aromatic N) is 1. The summed E-state index contributed by atoms with van der Waals surface area (Å²) >= 11 is 0. The normalized spacial score (nSPS) is 16.1. The maximum absolute atomic E-state index is 12.3. The molecule has 5 heteroatoms. The van der Waals surface area contributed by atoms with Crippen LogP contribution in [0.2, 0.25) is 0 Å². The van der Waals surface area contributed by atoms with Gasteiger partial charge < -0.3 is 9.73 Å². The summed E-state index contributed by atoms with van der Waals surface area (Å²) in [6, 6.07) is 6.56. The molecule has 1 unspecified atom stereocenters. The van der Waals surface area contributed by atoms with Crippen molar-refractivity contribution in [2.24, 2.45) is 0 Å². The Kier molecular flexibility index (Phi) is 4.65. The van der Waals surface area contributed by atoms with E-state index < -0.39 is 11.8 Å². The van der Waals surface area contributed by atoms with E-state index in [2.05, 4.69) is 11.4 Å². The number of fused-ring (bicyclic) bond motifs is 1. The number of hydrogen-bond donors (Lipinski definition) is 1. The number of para-hydroxylation sites is 2. The number of benzene rings is 1. The molecule has 0 fully saturated rings. The van der Waals surface area contributed by atoms with Crippen LogP contribution in [0.4, 0.5) is 0 Å². The van der Waals surface area contributed by atoms with E-state index >= 15 is 0 Å². The summed E-state index contributed by atoms with van der Waals surface area (Å²) in [6.07, 6.45) is 7.97. The Hall–Kier alpha value is -2.30. The largest absolute Gasteiger partial charge is 0.420 e. The molecule has 3 rings (SSSR count). The first-order chi connectivity index (χ1) is 11.2. The summed E-state index contributed by atoms with van der Waals surface area (Å²) in [5, 5.41) is 2.93. The summed E-state index contributed by atoms with van der Waals surface area (Å²) in [4.78, 5) is 24.4. The van der Waals surface area contributed by atoms with Crippen molar-refractivity contribution in [1.29, 1.82) is 0 Å². The molecule has 5 nitrogen and oxygen atoms in total. The van der Waals surface area contributed by atoms with Gasteiger partial charge >= 0.3 is 5.76 Å². The zero-order chi connectivity index (χ0) is 16.2. The predicted octanol–water partition coefficient (Wildman–Crippen LogP) is 3.16. The molecule has 0 aliphatic heterocycles. The zero-order valence-corrected chi connectivity index (χ0v) is 13.4. The van der Waals surface area contributed by atoms with E-state index in [0.717, 1.165) is 19.3 Å². The van der Waals surface area contributed by atoms with Crippen LogP contribution in [0.15, 0.2) is 45.1 Å². The highest BCUT2D eigenvalue weighted by Gasteiger charge is 2.20. The van der Waals surface area contributed by atoms with Gasteiger partial charge in [0.05, 0.1) is 5.52 Å². The molecule has 0 saturated heterocycles. The Labute approximate surface area is 135 Å². The van der Waals surface area contributed by atoms with E-state index in [1.165, 1.54) is 23.0 Å². The summed E-state index contributed by atoms with van der Waals surface area (Å²) < 4.78 is 6.60. The average Bonchev–Trinajstić information content (AvgIpc) is 2.90. The second-order valence-electron chi connectivity index (χ2n) is 6.03. The Morgan fingerprint density at radius 2 is 2.17 bits per heavy atom. The van der Waals surface area contributed by atoms with Gasteiger partial charge in [-0.2, -0.15) is 0 Å². The summed E-state index contributed by atoms with van der Waals surface area (Å²) in [5.74, 6) is -0.654. The van der Waals surface area contributed by atoms with E-state index in [0.29, 0.717) is 17.6 Å². The second-order valence-corrected chi connectivity index (χ2v) is 6.03. The smallest absolute Gasteiger partial charge is 0.408 e. The number of allylic oxidation sites excluding steroid dienone is 1. The molecule has 23 heavy (non-hydrogen) atoms. The van der Waals surface area contributed by atoms with Crippen molar-refractivity contribution in [2.45, 2.75) is 45.1 Å². The van der Waals surface area contributed by atoms with Gasteiger partial charge in [-0.15, -0.1) is 0 Å². The fraction of sp³-hybridized carbons (Fsp3) is 0.444. The van der Waals surface area contributed by atoms with Crippen molar-refractivity contribution >= 4 is 17.0 Å². The van der Waals surface area contributed by atoms with E-state index in [1.807, 2.05) is 6.07 Å². The zero-order valence-electron chi connectivity index (χ0n) is 13.4. The number of rotatable bonds is 5. The maximum atomic E-state index is 12.3. The quantitative estimate of drug-likeness (QED) is 0.862. The maximum Gasteiger partial charge on any atom is 0.420 e. The first-order valence-electron chi connectivity index (χ1n) is 8.22. The molecule has 1 heterocycles. The molecule has 0 bridgehead atoms. The molecule has 0 saturated carbocycles. The highest BCUT2D eigenvalue weighted by atomic mass is 16.4. The summed E-state index contributed by atoms with van der Waals surface area (Å²) in [7, 11) is 0. The molecule has 122 valence electrons. The van der Waals surface area contributed by atoms with E-state index in [1.54, 1.807) is 25.1 Å². The lowest BCUT2D eigenvalue weighted by atomic mass is 9.97. The van der Waals surface area contributed by atoms with Gasteiger partial charge in [-0.25, -0.2) is 4.79 Å². The number of hydrogen-bond acceptors (Lipinski definition) is 3. The molecule has 1 aliphatic rings. The fourth-order valence-electron chi connectivity index (χ4n) is 3.09. The van der Waals surface area contributed by atoms with E-state index in [-0.39, 0.29) is 5.91 Å². The number of carbonyl (C=O) groups is 1. The number of aromatic nitrogens is 1. The fourth-order valence-corrected chi connectivity index (χ4v) is 3.09. The lowest BCUT2D eigenvalue weighted by molar-refractivity contribution is -0.123. The monoisotopic (exact) mass is 314 g/mol. The third-order valence-corrected chi connectivity index (χ3v) is 4.42. The molecule has 1 aliphatic carbocycles. The Bertz CT molecular complexity index is 785. The van der Waals surface area contributed by atoms with Gasteiger partial charge in [0.25, 0.3) is 0 Å². The van der Waals surface area contributed by atoms with Gasteiger partial charge in [-0.05, 0) is 51.2 Å². The van der Waals surface area contributed by atoms with E-state index in [4.69, 9.17) is 4.42 Å². The lowest BCUT2D eigenvalue weighted by Gasteiger charge is -2.15. The number of nitrogens with one attached hydrogen (secondary N) is 1. The van der Waals surface area contributed by atoms with Crippen molar-refractivity contribution in [3.63, 3.8) is 0 Å². The molecule has 2 aromatic rings. The standard InChI is InChI=1S/C18H22N2O3/c1-13(17(21)19-12-11-14-7-3-2-4-8-14)20-15-9-5-6-10-16(15)23-18(20)22/h5-7,9-10,13H,2-4,8,11-12H2,1H3,(H,19,21). The van der Waals surface area contributed by atoms with Crippen LogP contribution in [-0.2, 0) is 4.79 Å². The van der Waals surface area contributed by atoms with E-state index in [9.17, 15) is 9.59 Å². The minimum Gasteiger partial charge on any atom is -0.408 e. The van der Waals surface area contributed by atoms with Gasteiger partial charge in [0.15, 0.2) is 5.58 Å². The van der Waals surface area contributed by atoms with Crippen molar-refractivity contribution in [3.8, 4) is 0 Å². The molecule has 0 spiro atoms. The van der Waals surface area contributed by atoms with Crippen LogP contribution < -0.4 is 11.1 Å². The van der Waals surface area contributed by atoms with Gasteiger partial charge in [-0.1, -0.05) is 23.8 Å². The summed E-state index contributed by atoms with van der Waals surface area (Å²) in [6.45, 7) is 2.33. The van der Waals surface area contributed by atoms with Crippen LogP contribution in [0.25, 0.3) is 11.1 Å². The van der Waals surface area contributed by atoms with Crippen LogP contribution in [0.1, 0.15) is 45.1 Å². The average molecular weight is 314 g/mol. The number of carbonyl (C=O) groups excluding carboxylic acids is 1. The molecular formula is C18H22N2O3. The van der Waals surface area contributed by atoms with Gasteiger partial charge in [-0.3, -0.25) is 9.36 Å². The SMILES string of the molecule is CC(C(=O)NCCC1=CCCCC1)n1c(=O)oc2ccccc21. The second kappa shape index (κ2) is 6.86. The van der Waals surface area contributed by atoms with Gasteiger partial charge in [0.1, 0.15) is 6.04 Å². The minimum absolute atomic E-state index is 0.157. The Morgan fingerprint density at radius 1 is 1.35 bits per heavy atom. The van der Waals surface area contributed by atoms with Crippen LogP contribution in [-0.4, -0.2) is 17.0 Å². The van der Waals surface area contributed by atoms with Crippen LogP contribution in [0, 0.1) is 0 Å². The number of oxazole rings is 1. The van der Waals surface area contributed by atoms with Gasteiger partial charge in [0.2, 0.25) is 5.91 Å². The third kappa shape index (κ3) is 3.38. The van der Waals surface area contributed by atoms with Gasteiger partial charge in [0, 0.05) is 6.54 Å². The van der Waals surface area contributed by atoms with Crippen LogP contribution >= 0.6 is 0 Å². The molecule has 1 N–H and O–H groups in total. The highest BCUT2D eigenvalue weighted by Crippen LogP contribution is 2.20. The topological polar surface area (TPSA) is 64.2 Å². The molecule has 0 radical (unpaired) electrons. The molecule has 1 atom stereocenters. The Morgan fingerprint density at radius 3 is 2.96 bits per heavy atom. The summed E-state index contributed by atoms with van der Waals surface area (Å²) in [5.41, 5.74) is 2.58. The van der Waals surface area contributed by atoms with Crippen molar-refractivity contribution in [1.82, 2.24) is 9.88 Å².